The first-order valence-corrected chi connectivity index (χ1v) is 6.36. The summed E-state index contributed by atoms with van der Waals surface area (Å²) in [7, 11) is 0. The Hall–Kier alpha value is -1.04. The van der Waals surface area contributed by atoms with Gasteiger partial charge in [0.25, 0.3) is 0 Å². The SMILES string of the molecule is CC(C)N(CCCC#N)Cc1cccc(Cl)c1. The van der Waals surface area contributed by atoms with Gasteiger partial charge in [0.05, 0.1) is 6.07 Å². The number of benzene rings is 1. The molecule has 1 aromatic carbocycles. The third-order valence-corrected chi connectivity index (χ3v) is 2.97. The predicted molar refractivity (Wildman–Crippen MR) is 71.8 cm³/mol. The first-order chi connectivity index (χ1) is 8.13. The van der Waals surface area contributed by atoms with Gasteiger partial charge in [-0.15, -0.1) is 0 Å². The van der Waals surface area contributed by atoms with Gasteiger partial charge in [-0.1, -0.05) is 23.7 Å². The quantitative estimate of drug-likeness (QED) is 0.717. The number of nitrogens with zero attached hydrogens (tertiary/aromatic N) is 2. The fourth-order valence-corrected chi connectivity index (χ4v) is 1.96. The normalized spacial score (nSPS) is 10.8. The summed E-state index contributed by atoms with van der Waals surface area (Å²) in [5.41, 5.74) is 1.23. The highest BCUT2D eigenvalue weighted by atomic mass is 35.5. The van der Waals surface area contributed by atoms with Gasteiger partial charge in [-0.25, -0.2) is 0 Å². The van der Waals surface area contributed by atoms with Crippen LogP contribution in [-0.4, -0.2) is 17.5 Å². The summed E-state index contributed by atoms with van der Waals surface area (Å²) in [5, 5.41) is 9.34. The van der Waals surface area contributed by atoms with Gasteiger partial charge in [0.15, 0.2) is 0 Å². The highest BCUT2D eigenvalue weighted by molar-refractivity contribution is 6.30. The van der Waals surface area contributed by atoms with Crippen LogP contribution in [0, 0.1) is 11.3 Å². The molecule has 0 heterocycles. The van der Waals surface area contributed by atoms with Crippen LogP contribution in [0.1, 0.15) is 32.3 Å². The van der Waals surface area contributed by atoms with Crippen molar-refractivity contribution < 1.29 is 0 Å². The number of unbranched alkanes of at least 4 members (excludes halogenated alkanes) is 1. The van der Waals surface area contributed by atoms with Crippen molar-refractivity contribution in [3.8, 4) is 6.07 Å². The molecule has 3 heteroatoms. The van der Waals surface area contributed by atoms with Gasteiger partial charge in [0.1, 0.15) is 0 Å². The van der Waals surface area contributed by atoms with Crippen LogP contribution in [0.4, 0.5) is 0 Å². The Labute approximate surface area is 109 Å². The van der Waals surface area contributed by atoms with Gasteiger partial charge in [-0.3, -0.25) is 4.90 Å². The Bertz CT molecular complexity index is 382. The van der Waals surface area contributed by atoms with Gasteiger partial charge in [-0.05, 0) is 44.5 Å². The zero-order valence-electron chi connectivity index (χ0n) is 10.5. The molecule has 0 bridgehead atoms. The van der Waals surface area contributed by atoms with Crippen LogP contribution in [0.25, 0.3) is 0 Å². The molecule has 0 aliphatic heterocycles. The van der Waals surface area contributed by atoms with E-state index in [1.54, 1.807) is 0 Å². The highest BCUT2D eigenvalue weighted by Crippen LogP contribution is 2.14. The second-order valence-electron chi connectivity index (χ2n) is 4.46. The molecule has 0 saturated carbocycles. The largest absolute Gasteiger partial charge is 0.297 e. The summed E-state index contributed by atoms with van der Waals surface area (Å²) in [6.45, 7) is 6.20. The summed E-state index contributed by atoms with van der Waals surface area (Å²) in [4.78, 5) is 2.36. The smallest absolute Gasteiger partial charge is 0.0622 e. The van der Waals surface area contributed by atoms with Crippen LogP contribution >= 0.6 is 11.6 Å². The van der Waals surface area contributed by atoms with Gasteiger partial charge >= 0.3 is 0 Å². The van der Waals surface area contributed by atoms with Crippen LogP contribution in [-0.2, 0) is 6.54 Å². The van der Waals surface area contributed by atoms with Gasteiger partial charge in [0, 0.05) is 24.0 Å². The number of hydrogen-bond acceptors (Lipinski definition) is 2. The molecule has 0 unspecified atom stereocenters. The summed E-state index contributed by atoms with van der Waals surface area (Å²) < 4.78 is 0. The zero-order chi connectivity index (χ0) is 12.7. The summed E-state index contributed by atoms with van der Waals surface area (Å²) in [6, 6.07) is 10.6. The molecule has 0 fully saturated rings. The van der Waals surface area contributed by atoms with Crippen LogP contribution in [0.3, 0.4) is 0 Å². The monoisotopic (exact) mass is 250 g/mol. The number of rotatable bonds is 6. The number of halogens is 1. The molecule has 0 aliphatic rings. The minimum atomic E-state index is 0.479. The van der Waals surface area contributed by atoms with E-state index in [0.29, 0.717) is 12.5 Å². The molecule has 17 heavy (non-hydrogen) atoms. The lowest BCUT2D eigenvalue weighted by molar-refractivity contribution is 0.211. The van der Waals surface area contributed by atoms with Crippen LogP contribution in [0.5, 0.6) is 0 Å². The molecule has 1 rings (SSSR count). The zero-order valence-corrected chi connectivity index (χ0v) is 11.2. The molecule has 1 aromatic rings. The van der Waals surface area contributed by atoms with Crippen molar-refractivity contribution in [1.29, 1.82) is 5.26 Å². The Balaban J connectivity index is 2.57. The van der Waals surface area contributed by atoms with Gasteiger partial charge in [0.2, 0.25) is 0 Å². The molecule has 0 atom stereocenters. The van der Waals surface area contributed by atoms with Crippen molar-refractivity contribution >= 4 is 11.6 Å². The molecular formula is C14H19ClN2. The van der Waals surface area contributed by atoms with Gasteiger partial charge in [-0.2, -0.15) is 5.26 Å². The van der Waals surface area contributed by atoms with E-state index >= 15 is 0 Å². The van der Waals surface area contributed by atoms with E-state index in [-0.39, 0.29) is 0 Å². The van der Waals surface area contributed by atoms with Crippen LogP contribution < -0.4 is 0 Å². The minimum absolute atomic E-state index is 0.479. The standard InChI is InChI=1S/C14H19ClN2/c1-12(2)17(9-4-3-8-16)11-13-6-5-7-14(15)10-13/h5-7,10,12H,3-4,9,11H2,1-2H3. The molecule has 2 nitrogen and oxygen atoms in total. The Morgan fingerprint density at radius 2 is 2.18 bits per heavy atom. The van der Waals surface area contributed by atoms with Crippen molar-refractivity contribution in [2.75, 3.05) is 6.54 Å². The Morgan fingerprint density at radius 1 is 1.41 bits per heavy atom. The molecule has 0 N–H and O–H groups in total. The van der Waals surface area contributed by atoms with E-state index < -0.39 is 0 Å². The van der Waals surface area contributed by atoms with Crippen molar-refractivity contribution in [2.45, 2.75) is 39.3 Å². The topological polar surface area (TPSA) is 27.0 Å². The average Bonchev–Trinajstić information content (AvgIpc) is 2.28. The van der Waals surface area contributed by atoms with Crippen molar-refractivity contribution in [3.05, 3.63) is 34.9 Å². The molecule has 0 aliphatic carbocycles. The molecule has 0 aromatic heterocycles. The Kier molecular flexibility index (Phi) is 6.04. The van der Waals surface area contributed by atoms with E-state index in [4.69, 9.17) is 16.9 Å². The highest BCUT2D eigenvalue weighted by Gasteiger charge is 2.09. The van der Waals surface area contributed by atoms with Crippen molar-refractivity contribution in [1.82, 2.24) is 4.90 Å². The summed E-state index contributed by atoms with van der Waals surface area (Å²) in [5.74, 6) is 0. The van der Waals surface area contributed by atoms with E-state index in [2.05, 4.69) is 30.9 Å². The maximum Gasteiger partial charge on any atom is 0.0622 e. The van der Waals surface area contributed by atoms with E-state index in [0.717, 1.165) is 24.5 Å². The second kappa shape index (κ2) is 7.32. The molecule has 0 spiro atoms. The van der Waals surface area contributed by atoms with E-state index in [1.807, 2.05) is 18.2 Å². The number of hydrogen-bond donors (Lipinski definition) is 0. The fourth-order valence-electron chi connectivity index (χ4n) is 1.75. The van der Waals surface area contributed by atoms with Gasteiger partial charge < -0.3 is 0 Å². The molecule has 92 valence electrons. The maximum absolute atomic E-state index is 8.56. The third-order valence-electron chi connectivity index (χ3n) is 2.74. The number of nitriles is 1. The van der Waals surface area contributed by atoms with Crippen molar-refractivity contribution in [3.63, 3.8) is 0 Å². The molecule has 0 saturated heterocycles. The summed E-state index contributed by atoms with van der Waals surface area (Å²) in [6.07, 6.45) is 1.55. The predicted octanol–water partition coefficient (Wildman–Crippen LogP) is 3.85. The summed E-state index contributed by atoms with van der Waals surface area (Å²) >= 11 is 5.97. The lowest BCUT2D eigenvalue weighted by atomic mass is 10.1. The van der Waals surface area contributed by atoms with Crippen molar-refractivity contribution in [2.24, 2.45) is 0 Å². The lowest BCUT2D eigenvalue weighted by Gasteiger charge is -2.26. The Morgan fingerprint density at radius 3 is 2.76 bits per heavy atom. The first-order valence-electron chi connectivity index (χ1n) is 5.99. The second-order valence-corrected chi connectivity index (χ2v) is 4.89. The minimum Gasteiger partial charge on any atom is -0.297 e. The molecular weight excluding hydrogens is 232 g/mol. The molecule has 0 amide bonds. The maximum atomic E-state index is 8.56. The van der Waals surface area contributed by atoms with E-state index in [9.17, 15) is 0 Å². The van der Waals surface area contributed by atoms with Crippen LogP contribution in [0.15, 0.2) is 24.3 Å². The van der Waals surface area contributed by atoms with Crippen LogP contribution in [0.2, 0.25) is 5.02 Å². The van der Waals surface area contributed by atoms with E-state index in [1.165, 1.54) is 5.56 Å². The first kappa shape index (κ1) is 14.0. The fraction of sp³-hybridized carbons (Fsp3) is 0.500. The lowest BCUT2D eigenvalue weighted by Crippen LogP contribution is -2.31. The third kappa shape index (κ3) is 5.21. The average molecular weight is 251 g/mol. The molecule has 0 radical (unpaired) electrons.